The molecular formula is C24H28ClN5O2S. The zero-order chi connectivity index (χ0) is 24.1. The fourth-order valence-electron chi connectivity index (χ4n) is 3.27. The minimum Gasteiger partial charge on any atom is -0.350 e. The lowest BCUT2D eigenvalue weighted by Crippen LogP contribution is -2.23. The van der Waals surface area contributed by atoms with Gasteiger partial charge in [-0.1, -0.05) is 47.6 Å². The smallest absolute Gasteiger partial charge is 0.217 e. The van der Waals surface area contributed by atoms with Gasteiger partial charge < -0.3 is 5.32 Å². The van der Waals surface area contributed by atoms with Crippen molar-refractivity contribution in [2.75, 3.05) is 19.8 Å². The number of benzene rings is 2. The third kappa shape index (κ3) is 6.22. The molecule has 2 unspecified atom stereocenters. The van der Waals surface area contributed by atoms with Crippen LogP contribution in [0.5, 0.6) is 0 Å². The molecule has 3 aromatic rings. The third-order valence-corrected chi connectivity index (χ3v) is 6.56. The molecule has 0 saturated carbocycles. The van der Waals surface area contributed by atoms with E-state index in [1.165, 1.54) is 18.7 Å². The Morgan fingerprint density at radius 3 is 2.27 bits per heavy atom. The van der Waals surface area contributed by atoms with Crippen molar-refractivity contribution in [1.82, 2.24) is 25.0 Å². The molecule has 0 aliphatic carbocycles. The number of ketones is 1. The van der Waals surface area contributed by atoms with Crippen molar-refractivity contribution in [3.8, 4) is 5.69 Å². The summed E-state index contributed by atoms with van der Waals surface area (Å²) in [6.07, 6.45) is 0. The number of thioether (sulfide) groups is 1. The van der Waals surface area contributed by atoms with Gasteiger partial charge in [0, 0.05) is 23.2 Å². The van der Waals surface area contributed by atoms with Crippen LogP contribution in [0.3, 0.4) is 0 Å². The second-order valence-electron chi connectivity index (χ2n) is 8.05. The zero-order valence-corrected chi connectivity index (χ0v) is 20.9. The first-order valence-corrected chi connectivity index (χ1v) is 11.9. The first-order valence-electron chi connectivity index (χ1n) is 10.6. The maximum absolute atomic E-state index is 12.8. The normalized spacial score (nSPS) is 13.1. The highest BCUT2D eigenvalue weighted by atomic mass is 35.5. The number of hydrogen-bond acceptors (Lipinski definition) is 6. The monoisotopic (exact) mass is 485 g/mol. The molecule has 0 radical (unpaired) electrons. The molecule has 2 aromatic carbocycles. The lowest BCUT2D eigenvalue weighted by molar-refractivity contribution is -0.119. The van der Waals surface area contributed by atoms with E-state index >= 15 is 0 Å². The minimum absolute atomic E-state index is 0.00778. The summed E-state index contributed by atoms with van der Waals surface area (Å²) < 4.78 is 1.97. The van der Waals surface area contributed by atoms with Crippen LogP contribution in [0.2, 0.25) is 5.02 Å². The molecule has 0 fully saturated rings. The highest BCUT2D eigenvalue weighted by Gasteiger charge is 2.22. The first kappa shape index (κ1) is 25.0. The van der Waals surface area contributed by atoms with Crippen LogP contribution < -0.4 is 5.32 Å². The fourth-order valence-corrected chi connectivity index (χ4v) is 4.25. The van der Waals surface area contributed by atoms with Crippen molar-refractivity contribution in [3.63, 3.8) is 0 Å². The zero-order valence-electron chi connectivity index (χ0n) is 19.4. The molecule has 0 spiro atoms. The van der Waals surface area contributed by atoms with E-state index in [0.29, 0.717) is 15.7 Å². The largest absolute Gasteiger partial charge is 0.350 e. The summed E-state index contributed by atoms with van der Waals surface area (Å²) in [4.78, 5) is 26.2. The van der Waals surface area contributed by atoms with Crippen molar-refractivity contribution in [2.24, 2.45) is 0 Å². The van der Waals surface area contributed by atoms with E-state index in [1.807, 2.05) is 62.0 Å². The second kappa shape index (κ2) is 11.0. The van der Waals surface area contributed by atoms with Gasteiger partial charge in [0.1, 0.15) is 0 Å². The van der Waals surface area contributed by atoms with Crippen LogP contribution in [0.4, 0.5) is 0 Å². The highest BCUT2D eigenvalue weighted by Crippen LogP contribution is 2.28. The van der Waals surface area contributed by atoms with Gasteiger partial charge in [-0.2, -0.15) is 0 Å². The van der Waals surface area contributed by atoms with E-state index < -0.39 is 0 Å². The summed E-state index contributed by atoms with van der Waals surface area (Å²) in [5.41, 5.74) is 2.44. The molecule has 174 valence electrons. The first-order chi connectivity index (χ1) is 15.7. The summed E-state index contributed by atoms with van der Waals surface area (Å²) in [5, 5.41) is 12.9. The molecule has 1 heterocycles. The van der Waals surface area contributed by atoms with E-state index in [1.54, 1.807) is 12.1 Å². The van der Waals surface area contributed by atoms with Gasteiger partial charge in [0.25, 0.3) is 0 Å². The number of carbonyl (C=O) groups is 2. The number of amides is 1. The molecule has 3 rings (SSSR count). The van der Waals surface area contributed by atoms with Crippen LogP contribution in [-0.2, 0) is 4.79 Å². The van der Waals surface area contributed by atoms with Gasteiger partial charge in [0.2, 0.25) is 5.91 Å². The minimum atomic E-state index is -0.115. The summed E-state index contributed by atoms with van der Waals surface area (Å²) >= 11 is 7.42. The molecule has 1 amide bonds. The quantitative estimate of drug-likeness (QED) is 0.349. The van der Waals surface area contributed by atoms with E-state index in [2.05, 4.69) is 27.3 Å². The Kier molecular flexibility index (Phi) is 8.29. The number of nitrogens with zero attached hydrogens (tertiary/aromatic N) is 4. The van der Waals surface area contributed by atoms with Crippen molar-refractivity contribution in [2.45, 2.75) is 38.0 Å². The van der Waals surface area contributed by atoms with Crippen molar-refractivity contribution in [3.05, 3.63) is 70.5 Å². The molecule has 0 aliphatic rings. The van der Waals surface area contributed by atoms with E-state index in [-0.39, 0.29) is 29.5 Å². The number of carbonyl (C=O) groups excluding carboxylic acids is 2. The van der Waals surface area contributed by atoms with E-state index in [9.17, 15) is 9.59 Å². The molecule has 0 aliphatic heterocycles. The SMILES string of the molecule is CC(=O)NC(C)c1ccc(C(=O)CSc2nnc(C(C)N(C)C)n2-c2ccc(Cl)cc2)cc1. The Hall–Kier alpha value is -2.68. The van der Waals surface area contributed by atoms with Crippen LogP contribution in [0.1, 0.15) is 54.6 Å². The highest BCUT2D eigenvalue weighted by molar-refractivity contribution is 7.99. The van der Waals surface area contributed by atoms with Crippen LogP contribution in [0.25, 0.3) is 5.69 Å². The third-order valence-electron chi connectivity index (χ3n) is 5.38. The molecule has 2 atom stereocenters. The molecule has 9 heteroatoms. The van der Waals surface area contributed by atoms with E-state index in [0.717, 1.165) is 17.1 Å². The number of aromatic nitrogens is 3. The number of halogens is 1. The topological polar surface area (TPSA) is 80.1 Å². The maximum Gasteiger partial charge on any atom is 0.217 e. The summed E-state index contributed by atoms with van der Waals surface area (Å²) in [6.45, 7) is 5.45. The average molecular weight is 486 g/mol. The predicted molar refractivity (Wildman–Crippen MR) is 132 cm³/mol. The van der Waals surface area contributed by atoms with Crippen LogP contribution >= 0.6 is 23.4 Å². The summed E-state index contributed by atoms with van der Waals surface area (Å²) in [5.74, 6) is 0.912. The standard InChI is InChI=1S/C24H28ClN5O2S/c1-15(26-17(3)31)18-6-8-19(9-7-18)22(32)14-33-24-28-27-23(16(2)29(4)5)30(24)21-12-10-20(25)11-13-21/h6-13,15-16H,14H2,1-5H3,(H,26,31). The number of hydrogen-bond donors (Lipinski definition) is 1. The average Bonchev–Trinajstić information content (AvgIpc) is 3.20. The molecule has 0 saturated heterocycles. The Morgan fingerprint density at radius 1 is 1.06 bits per heavy atom. The van der Waals surface area contributed by atoms with Gasteiger partial charge in [0.05, 0.1) is 17.8 Å². The lowest BCUT2D eigenvalue weighted by Gasteiger charge is -2.20. The van der Waals surface area contributed by atoms with Crippen molar-refractivity contribution in [1.29, 1.82) is 0 Å². The van der Waals surface area contributed by atoms with Gasteiger partial charge in [-0.15, -0.1) is 10.2 Å². The molecular weight excluding hydrogens is 458 g/mol. The molecule has 33 heavy (non-hydrogen) atoms. The van der Waals surface area contributed by atoms with Crippen LogP contribution in [0, 0.1) is 0 Å². The Balaban J connectivity index is 1.79. The van der Waals surface area contributed by atoms with Gasteiger partial charge in [-0.25, -0.2) is 0 Å². The molecule has 1 aromatic heterocycles. The fraction of sp³-hybridized carbons (Fsp3) is 0.333. The molecule has 1 N–H and O–H groups in total. The van der Waals surface area contributed by atoms with E-state index in [4.69, 9.17) is 11.6 Å². The maximum atomic E-state index is 12.8. The van der Waals surface area contributed by atoms with Crippen molar-refractivity contribution >= 4 is 35.1 Å². The van der Waals surface area contributed by atoms with Crippen LogP contribution in [0.15, 0.2) is 53.7 Å². The Labute approximate surface area is 203 Å². The van der Waals surface area contributed by atoms with Gasteiger partial charge in [-0.3, -0.25) is 19.1 Å². The van der Waals surface area contributed by atoms with Gasteiger partial charge in [0.15, 0.2) is 16.8 Å². The summed E-state index contributed by atoms with van der Waals surface area (Å²) in [7, 11) is 3.97. The number of Topliss-reactive ketones (excluding diaryl/α,β-unsaturated/α-hetero) is 1. The second-order valence-corrected chi connectivity index (χ2v) is 9.43. The Bertz CT molecular complexity index is 1110. The predicted octanol–water partition coefficient (Wildman–Crippen LogP) is 4.72. The van der Waals surface area contributed by atoms with Crippen LogP contribution in [-0.4, -0.2) is 51.2 Å². The molecule has 7 nitrogen and oxygen atoms in total. The Morgan fingerprint density at radius 2 is 1.70 bits per heavy atom. The van der Waals surface area contributed by atoms with Gasteiger partial charge >= 0.3 is 0 Å². The summed E-state index contributed by atoms with van der Waals surface area (Å²) in [6, 6.07) is 14.7. The number of rotatable bonds is 9. The van der Waals surface area contributed by atoms with Crippen molar-refractivity contribution < 1.29 is 9.59 Å². The number of nitrogens with one attached hydrogen (secondary N) is 1. The molecule has 0 bridgehead atoms. The van der Waals surface area contributed by atoms with Gasteiger partial charge in [-0.05, 0) is 57.8 Å². The lowest BCUT2D eigenvalue weighted by atomic mass is 10.0.